The predicted molar refractivity (Wildman–Crippen MR) is 119 cm³/mol. The van der Waals surface area contributed by atoms with Gasteiger partial charge in [0.05, 0.1) is 22.5 Å². The summed E-state index contributed by atoms with van der Waals surface area (Å²) in [6.07, 6.45) is 0. The van der Waals surface area contributed by atoms with Gasteiger partial charge in [0.15, 0.2) is 0 Å². The van der Waals surface area contributed by atoms with Crippen molar-refractivity contribution < 1.29 is 12.8 Å². The molecule has 0 atom stereocenters. The number of aromatic nitrogens is 2. The van der Waals surface area contributed by atoms with Crippen LogP contribution in [0.4, 0.5) is 10.1 Å². The highest BCUT2D eigenvalue weighted by atomic mass is 32.2. The molecule has 0 saturated heterocycles. The average Bonchev–Trinajstić information content (AvgIpc) is 2.80. The molecule has 9 heteroatoms. The van der Waals surface area contributed by atoms with Crippen molar-refractivity contribution in [3.63, 3.8) is 0 Å². The first-order chi connectivity index (χ1) is 14.8. The van der Waals surface area contributed by atoms with Gasteiger partial charge in [0.1, 0.15) is 5.82 Å². The van der Waals surface area contributed by atoms with Gasteiger partial charge in [0, 0.05) is 25.0 Å². The molecule has 1 aromatic heterocycles. The summed E-state index contributed by atoms with van der Waals surface area (Å²) in [5, 5.41) is 5.62. The Morgan fingerprint density at radius 3 is 2.32 bits per heavy atom. The molecule has 0 fully saturated rings. The molecule has 0 amide bonds. The zero-order valence-corrected chi connectivity index (χ0v) is 17.6. The molecule has 3 aromatic carbocycles. The van der Waals surface area contributed by atoms with E-state index in [1.807, 2.05) is 0 Å². The molecule has 4 aromatic rings. The van der Waals surface area contributed by atoms with Crippen LogP contribution in [-0.2, 0) is 10.2 Å². The fourth-order valence-electron chi connectivity index (χ4n) is 3.28. The molecule has 4 rings (SSSR count). The maximum absolute atomic E-state index is 13.4. The minimum Gasteiger partial charge on any atom is -0.267 e. The lowest BCUT2D eigenvalue weighted by Crippen LogP contribution is -2.35. The maximum atomic E-state index is 13.4. The van der Waals surface area contributed by atoms with Crippen molar-refractivity contribution in [1.29, 1.82) is 0 Å². The fraction of sp³-hybridized carbons (Fsp3) is 0.0909. The summed E-state index contributed by atoms with van der Waals surface area (Å²) in [7, 11) is -0.905. The number of nitrogens with zero attached hydrogens (tertiary/aromatic N) is 3. The largest absolute Gasteiger partial charge is 0.301 e. The molecule has 1 N–H and O–H groups in total. The van der Waals surface area contributed by atoms with Gasteiger partial charge < -0.3 is 0 Å². The van der Waals surface area contributed by atoms with E-state index < -0.39 is 16.0 Å². The van der Waals surface area contributed by atoms with Crippen molar-refractivity contribution in [1.82, 2.24) is 14.5 Å². The molecule has 0 aliphatic carbocycles. The van der Waals surface area contributed by atoms with Crippen LogP contribution >= 0.6 is 0 Å². The van der Waals surface area contributed by atoms with Gasteiger partial charge >= 0.3 is 10.2 Å². The highest BCUT2D eigenvalue weighted by molar-refractivity contribution is 7.90. The monoisotopic (exact) mass is 438 g/mol. The van der Waals surface area contributed by atoms with Crippen molar-refractivity contribution in [3.05, 3.63) is 89.0 Å². The summed E-state index contributed by atoms with van der Waals surface area (Å²) < 4.78 is 42.4. The Morgan fingerprint density at radius 1 is 0.968 bits per heavy atom. The van der Waals surface area contributed by atoms with Crippen molar-refractivity contribution >= 4 is 26.7 Å². The zero-order valence-electron chi connectivity index (χ0n) is 16.8. The maximum Gasteiger partial charge on any atom is 0.301 e. The van der Waals surface area contributed by atoms with Crippen molar-refractivity contribution in [2.75, 3.05) is 18.4 Å². The first-order valence-corrected chi connectivity index (χ1v) is 10.8. The third-order valence-corrected chi connectivity index (χ3v) is 6.43. The Balaban J connectivity index is 1.96. The van der Waals surface area contributed by atoms with Crippen molar-refractivity contribution in [2.45, 2.75) is 0 Å². The molecule has 31 heavy (non-hydrogen) atoms. The van der Waals surface area contributed by atoms with Gasteiger partial charge in [-0.1, -0.05) is 30.3 Å². The van der Waals surface area contributed by atoms with Gasteiger partial charge in [-0.2, -0.15) is 18.2 Å². The summed E-state index contributed by atoms with van der Waals surface area (Å²) in [6, 6.07) is 19.4. The fourth-order valence-corrected chi connectivity index (χ4v) is 3.95. The van der Waals surface area contributed by atoms with E-state index in [2.05, 4.69) is 9.82 Å². The van der Waals surface area contributed by atoms with Crippen LogP contribution < -0.4 is 14.6 Å². The molecule has 1 heterocycles. The highest BCUT2D eigenvalue weighted by Crippen LogP contribution is 2.29. The van der Waals surface area contributed by atoms with Gasteiger partial charge in [-0.15, -0.1) is 0 Å². The summed E-state index contributed by atoms with van der Waals surface area (Å²) in [5.41, 5.74) is 1.64. The van der Waals surface area contributed by atoms with E-state index in [0.29, 0.717) is 33.4 Å². The van der Waals surface area contributed by atoms with Gasteiger partial charge in [-0.3, -0.25) is 9.10 Å². The molecule has 0 saturated carbocycles. The molecule has 0 aliphatic heterocycles. The second-order valence-electron chi connectivity index (χ2n) is 6.81. The Morgan fingerprint density at radius 2 is 1.65 bits per heavy atom. The number of rotatable bonds is 5. The first-order valence-electron chi connectivity index (χ1n) is 9.37. The topological polar surface area (TPSA) is 84.3 Å². The summed E-state index contributed by atoms with van der Waals surface area (Å²) in [5.74, 6) is -0.417. The Hall–Kier alpha value is -3.56. The van der Waals surface area contributed by atoms with E-state index in [1.54, 1.807) is 48.5 Å². The number of halogens is 1. The molecule has 0 radical (unpaired) electrons. The lowest BCUT2D eigenvalue weighted by molar-refractivity contribution is 0.586. The third-order valence-electron chi connectivity index (χ3n) is 4.98. The van der Waals surface area contributed by atoms with Crippen LogP contribution in [0.15, 0.2) is 77.6 Å². The summed E-state index contributed by atoms with van der Waals surface area (Å²) in [4.78, 5) is 13.1. The standard InChI is InChI=1S/C22H19FN4O3S/c1-24-31(29,30)26(2)18-7-5-6-15(14-18)21-19-8-3-4-9-20(19)22(28)27(25-21)17-12-10-16(23)11-13-17/h3-14,24H,1-2H3. The molecule has 0 bridgehead atoms. The van der Waals surface area contributed by atoms with E-state index in [1.165, 1.54) is 43.0 Å². The molecule has 0 aliphatic rings. The van der Waals surface area contributed by atoms with Crippen LogP contribution in [0.2, 0.25) is 0 Å². The summed E-state index contributed by atoms with van der Waals surface area (Å²) in [6.45, 7) is 0. The van der Waals surface area contributed by atoms with E-state index in [9.17, 15) is 17.6 Å². The van der Waals surface area contributed by atoms with Crippen LogP contribution in [0.25, 0.3) is 27.7 Å². The Kier molecular flexibility index (Phi) is 5.30. The van der Waals surface area contributed by atoms with Gasteiger partial charge in [-0.25, -0.2) is 9.11 Å². The van der Waals surface area contributed by atoms with Crippen LogP contribution in [0.3, 0.4) is 0 Å². The summed E-state index contributed by atoms with van der Waals surface area (Å²) >= 11 is 0. The van der Waals surface area contributed by atoms with E-state index in [-0.39, 0.29) is 5.56 Å². The zero-order chi connectivity index (χ0) is 22.2. The van der Waals surface area contributed by atoms with Crippen LogP contribution in [0.1, 0.15) is 0 Å². The lowest BCUT2D eigenvalue weighted by atomic mass is 10.0. The smallest absolute Gasteiger partial charge is 0.267 e. The molecule has 0 unspecified atom stereocenters. The van der Waals surface area contributed by atoms with Gasteiger partial charge in [0.2, 0.25) is 0 Å². The van der Waals surface area contributed by atoms with E-state index in [4.69, 9.17) is 0 Å². The number of anilines is 1. The van der Waals surface area contributed by atoms with Crippen LogP contribution in [0.5, 0.6) is 0 Å². The predicted octanol–water partition coefficient (Wildman–Crippen LogP) is 3.09. The quantitative estimate of drug-likeness (QED) is 0.519. The van der Waals surface area contributed by atoms with E-state index >= 15 is 0 Å². The molecule has 0 spiro atoms. The molecule has 7 nitrogen and oxygen atoms in total. The highest BCUT2D eigenvalue weighted by Gasteiger charge is 2.18. The molecular formula is C22H19FN4O3S. The van der Waals surface area contributed by atoms with Gasteiger partial charge in [0.25, 0.3) is 5.56 Å². The number of nitrogens with one attached hydrogen (secondary N) is 1. The minimum absolute atomic E-state index is 0.336. The SMILES string of the molecule is CNS(=O)(=O)N(C)c1cccc(-c2nn(-c3ccc(F)cc3)c(=O)c3ccccc23)c1. The normalized spacial score (nSPS) is 11.6. The Labute approximate surface area is 178 Å². The average molecular weight is 438 g/mol. The Bertz CT molecular complexity index is 1430. The third kappa shape index (κ3) is 3.80. The second kappa shape index (κ2) is 7.93. The number of hydrogen-bond donors (Lipinski definition) is 1. The van der Waals surface area contributed by atoms with Gasteiger partial charge in [-0.05, 0) is 42.5 Å². The lowest BCUT2D eigenvalue weighted by Gasteiger charge is -2.19. The number of benzene rings is 3. The van der Waals surface area contributed by atoms with Crippen molar-refractivity contribution in [3.8, 4) is 16.9 Å². The minimum atomic E-state index is -3.68. The molecular weight excluding hydrogens is 419 g/mol. The second-order valence-corrected chi connectivity index (χ2v) is 8.72. The first kappa shape index (κ1) is 20.7. The van der Waals surface area contributed by atoms with Crippen molar-refractivity contribution in [2.24, 2.45) is 0 Å². The van der Waals surface area contributed by atoms with Crippen LogP contribution in [-0.4, -0.2) is 32.3 Å². The molecule has 158 valence electrons. The number of hydrogen-bond acceptors (Lipinski definition) is 4. The van der Waals surface area contributed by atoms with Crippen LogP contribution in [0, 0.1) is 5.82 Å². The number of fused-ring (bicyclic) bond motifs is 1. The van der Waals surface area contributed by atoms with E-state index in [0.717, 1.165) is 4.31 Å².